The summed E-state index contributed by atoms with van der Waals surface area (Å²) in [5, 5.41) is 8.01. The Balaban J connectivity index is 1.72. The van der Waals surface area contributed by atoms with Crippen molar-refractivity contribution in [1.82, 2.24) is 5.16 Å². The van der Waals surface area contributed by atoms with Crippen molar-refractivity contribution in [3.8, 4) is 0 Å². The number of hydrogen-bond acceptors (Lipinski definition) is 7. The van der Waals surface area contributed by atoms with Crippen LogP contribution in [0.15, 0.2) is 57.3 Å². The summed E-state index contributed by atoms with van der Waals surface area (Å²) in [6.45, 7) is 6.78. The number of carbonyl (C=O) groups excluding carboxylic acids is 2. The number of amides is 1. The molecule has 0 fully saturated rings. The number of aromatic nitrogens is 1. The molecular weight excluding hydrogens is 522 g/mol. The highest BCUT2D eigenvalue weighted by Gasteiger charge is 2.30. The molecule has 0 bridgehead atoms. The third-order valence-corrected chi connectivity index (χ3v) is 8.60. The lowest BCUT2D eigenvalue weighted by molar-refractivity contribution is 0.102. The molecule has 4 rings (SSSR count). The maximum atomic E-state index is 13.4. The Kier molecular flexibility index (Phi) is 7.03. The maximum Gasteiger partial charge on any atom is 0.267 e. The van der Waals surface area contributed by atoms with E-state index in [9.17, 15) is 18.0 Å². The number of rotatable bonds is 7. The fraction of sp³-hybridized carbons (Fsp3) is 0.160. The Morgan fingerprint density at radius 2 is 1.72 bits per heavy atom. The van der Waals surface area contributed by atoms with Gasteiger partial charge in [-0.1, -0.05) is 53.2 Å². The van der Waals surface area contributed by atoms with Crippen LogP contribution in [0.4, 0.5) is 11.6 Å². The Morgan fingerprint density at radius 1 is 1.03 bits per heavy atom. The lowest BCUT2D eigenvalue weighted by Gasteiger charge is -2.15. The Morgan fingerprint density at radius 3 is 2.36 bits per heavy atom. The molecule has 0 aliphatic carbocycles. The number of nitrogens with one attached hydrogen (secondary N) is 2. The number of thiophene rings is 1. The van der Waals surface area contributed by atoms with Crippen LogP contribution < -0.4 is 10.0 Å². The highest BCUT2D eigenvalue weighted by Crippen LogP contribution is 2.33. The highest BCUT2D eigenvalue weighted by atomic mass is 35.5. The van der Waals surface area contributed by atoms with Gasteiger partial charge in [0.1, 0.15) is 20.5 Å². The third kappa shape index (κ3) is 4.92. The van der Waals surface area contributed by atoms with Crippen LogP contribution in [0.1, 0.15) is 48.0 Å². The number of aryl methyl sites for hydroxylation is 4. The van der Waals surface area contributed by atoms with Crippen LogP contribution in [-0.4, -0.2) is 25.3 Å². The van der Waals surface area contributed by atoms with Crippen LogP contribution in [0, 0.1) is 27.7 Å². The number of carbonyl (C=O) groups is 2. The van der Waals surface area contributed by atoms with Crippen molar-refractivity contribution < 1.29 is 22.5 Å². The summed E-state index contributed by atoms with van der Waals surface area (Å²) in [6.07, 6.45) is 0. The predicted molar refractivity (Wildman–Crippen MR) is 140 cm³/mol. The SMILES string of the molecule is Cc1cc(C)c(NC(=O)c2scc(C)c2S(=O)(=O)Nc2onc(C)c2Cl)c(C(=O)c2ccccc2)c1. The molecule has 0 unspecified atom stereocenters. The van der Waals surface area contributed by atoms with Crippen LogP contribution >= 0.6 is 22.9 Å². The molecule has 1 amide bonds. The zero-order valence-corrected chi connectivity index (χ0v) is 22.2. The summed E-state index contributed by atoms with van der Waals surface area (Å²) in [4.78, 5) is 26.4. The Bertz CT molecular complexity index is 1590. The van der Waals surface area contributed by atoms with E-state index in [1.54, 1.807) is 56.5 Å². The first-order chi connectivity index (χ1) is 17.0. The highest BCUT2D eigenvalue weighted by molar-refractivity contribution is 7.93. The van der Waals surface area contributed by atoms with Crippen molar-refractivity contribution in [1.29, 1.82) is 0 Å². The molecule has 0 aliphatic heterocycles. The molecule has 8 nitrogen and oxygen atoms in total. The van der Waals surface area contributed by atoms with Gasteiger partial charge in [-0.2, -0.15) is 0 Å². The zero-order chi connectivity index (χ0) is 26.2. The molecular formula is C25H22ClN3O5S2. The molecule has 11 heteroatoms. The minimum atomic E-state index is -4.25. The number of nitrogens with zero attached hydrogens (tertiary/aromatic N) is 1. The van der Waals surface area contributed by atoms with E-state index in [1.165, 1.54) is 0 Å². The fourth-order valence-corrected chi connectivity index (χ4v) is 6.61. The first-order valence-electron chi connectivity index (χ1n) is 10.7. The monoisotopic (exact) mass is 543 g/mol. The van der Waals surface area contributed by atoms with E-state index in [0.29, 0.717) is 33.6 Å². The lowest BCUT2D eigenvalue weighted by Crippen LogP contribution is -2.20. The third-order valence-electron chi connectivity index (χ3n) is 5.41. The van der Waals surface area contributed by atoms with Crippen LogP contribution in [0.3, 0.4) is 0 Å². The van der Waals surface area contributed by atoms with E-state index in [-0.39, 0.29) is 26.5 Å². The normalized spacial score (nSPS) is 11.4. The van der Waals surface area contributed by atoms with Crippen molar-refractivity contribution in [3.05, 3.63) is 91.3 Å². The van der Waals surface area contributed by atoms with E-state index >= 15 is 0 Å². The number of ketones is 1. The molecule has 2 aromatic carbocycles. The number of hydrogen-bond donors (Lipinski definition) is 2. The van der Waals surface area contributed by atoms with Gasteiger partial charge in [0.2, 0.25) is 0 Å². The van der Waals surface area contributed by atoms with Gasteiger partial charge >= 0.3 is 0 Å². The number of benzene rings is 2. The molecule has 0 aliphatic rings. The van der Waals surface area contributed by atoms with Crippen molar-refractivity contribution in [3.63, 3.8) is 0 Å². The van der Waals surface area contributed by atoms with Crippen LogP contribution in [0.5, 0.6) is 0 Å². The van der Waals surface area contributed by atoms with Gasteiger partial charge in [-0.25, -0.2) is 13.1 Å². The van der Waals surface area contributed by atoms with Gasteiger partial charge in [0.05, 0.1) is 5.69 Å². The van der Waals surface area contributed by atoms with Crippen molar-refractivity contribution in [2.24, 2.45) is 0 Å². The Hall–Kier alpha value is -3.47. The average molecular weight is 544 g/mol. The van der Waals surface area contributed by atoms with E-state index < -0.39 is 15.9 Å². The quantitative estimate of drug-likeness (QED) is 0.280. The molecule has 4 aromatic rings. The Labute approximate surface area is 217 Å². The summed E-state index contributed by atoms with van der Waals surface area (Å²) in [5.74, 6) is -1.16. The number of halogens is 1. The maximum absolute atomic E-state index is 13.4. The van der Waals surface area contributed by atoms with Crippen molar-refractivity contribution in [2.75, 3.05) is 10.0 Å². The van der Waals surface area contributed by atoms with Crippen molar-refractivity contribution >= 4 is 56.2 Å². The minimum Gasteiger partial charge on any atom is -0.336 e. The van der Waals surface area contributed by atoms with Gasteiger partial charge in [-0.3, -0.25) is 9.59 Å². The summed E-state index contributed by atoms with van der Waals surface area (Å²) < 4.78 is 33.7. The molecule has 36 heavy (non-hydrogen) atoms. The molecule has 0 radical (unpaired) electrons. The summed E-state index contributed by atoms with van der Waals surface area (Å²) in [6, 6.07) is 12.3. The smallest absolute Gasteiger partial charge is 0.267 e. The van der Waals surface area contributed by atoms with Gasteiger partial charge in [0.25, 0.3) is 21.8 Å². The second-order valence-corrected chi connectivity index (χ2v) is 11.1. The first kappa shape index (κ1) is 25.6. The zero-order valence-electron chi connectivity index (χ0n) is 19.8. The van der Waals surface area contributed by atoms with Gasteiger partial charge in [-0.15, -0.1) is 11.3 Å². The number of anilines is 2. The van der Waals surface area contributed by atoms with E-state index in [0.717, 1.165) is 16.9 Å². The molecule has 186 valence electrons. The van der Waals surface area contributed by atoms with Gasteiger partial charge in [0.15, 0.2) is 5.78 Å². The van der Waals surface area contributed by atoms with Crippen molar-refractivity contribution in [2.45, 2.75) is 32.6 Å². The summed E-state index contributed by atoms with van der Waals surface area (Å²) >= 11 is 7.04. The molecule has 2 aromatic heterocycles. The first-order valence-corrected chi connectivity index (χ1v) is 13.5. The van der Waals surface area contributed by atoms with E-state index in [4.69, 9.17) is 16.1 Å². The molecule has 0 saturated carbocycles. The molecule has 0 saturated heterocycles. The largest absolute Gasteiger partial charge is 0.336 e. The lowest BCUT2D eigenvalue weighted by atomic mass is 9.96. The summed E-state index contributed by atoms with van der Waals surface area (Å²) in [5.41, 5.74) is 3.30. The molecule has 2 N–H and O–H groups in total. The second kappa shape index (κ2) is 9.88. The van der Waals surface area contributed by atoms with Gasteiger partial charge in [-0.05, 0) is 55.8 Å². The fourth-order valence-electron chi connectivity index (χ4n) is 3.75. The van der Waals surface area contributed by atoms with Crippen LogP contribution in [0.2, 0.25) is 5.02 Å². The van der Waals surface area contributed by atoms with E-state index in [1.807, 2.05) is 19.1 Å². The average Bonchev–Trinajstić information content (AvgIpc) is 3.38. The predicted octanol–water partition coefficient (Wildman–Crippen LogP) is 5.91. The van der Waals surface area contributed by atoms with E-state index in [2.05, 4.69) is 15.2 Å². The standard InChI is InChI=1S/C25H22ClN3O5S2/c1-13-10-14(2)20(18(11-13)21(30)17-8-6-5-7-9-17)27-24(31)22-23(15(3)12-35-22)36(32,33)29-25-19(26)16(4)28-34-25/h5-12,29H,1-4H3,(H,27,31). The second-order valence-electron chi connectivity index (χ2n) is 8.25. The molecule has 0 atom stereocenters. The molecule has 2 heterocycles. The molecule has 0 spiro atoms. The van der Waals surface area contributed by atoms with Crippen LogP contribution in [0.25, 0.3) is 0 Å². The summed E-state index contributed by atoms with van der Waals surface area (Å²) in [7, 11) is -4.25. The minimum absolute atomic E-state index is 0.0248. The topological polar surface area (TPSA) is 118 Å². The van der Waals surface area contributed by atoms with Gasteiger partial charge < -0.3 is 9.84 Å². The van der Waals surface area contributed by atoms with Gasteiger partial charge in [0, 0.05) is 11.1 Å². The number of sulfonamides is 1. The van der Waals surface area contributed by atoms with Crippen LogP contribution in [-0.2, 0) is 10.0 Å².